The quantitative estimate of drug-likeness (QED) is 0.670. The third kappa shape index (κ3) is 3.13. The summed E-state index contributed by atoms with van der Waals surface area (Å²) < 4.78 is 7.09. The van der Waals surface area contributed by atoms with Gasteiger partial charge in [0, 0.05) is 26.8 Å². The van der Waals surface area contributed by atoms with Crippen molar-refractivity contribution in [1.29, 1.82) is 0 Å². The minimum atomic E-state index is -0.438. The van der Waals surface area contributed by atoms with Crippen molar-refractivity contribution < 1.29 is 9.53 Å². The number of aromatic nitrogens is 3. The highest BCUT2D eigenvalue weighted by molar-refractivity contribution is 5.96. The molecule has 0 spiro atoms. The van der Waals surface area contributed by atoms with Gasteiger partial charge in [-0.1, -0.05) is 0 Å². The molecule has 0 saturated heterocycles. The number of nitrogens with two attached hydrogens (primary N) is 1. The van der Waals surface area contributed by atoms with Gasteiger partial charge in [-0.05, 0) is 25.1 Å². The number of hydrogen-bond acceptors (Lipinski definition) is 6. The molecule has 1 aromatic carbocycles. The zero-order valence-corrected chi connectivity index (χ0v) is 12.6. The van der Waals surface area contributed by atoms with E-state index in [1.807, 2.05) is 33.0 Å². The summed E-state index contributed by atoms with van der Waals surface area (Å²) in [5.41, 5.74) is 7.45. The second kappa shape index (κ2) is 5.82. The Morgan fingerprint density at radius 3 is 2.67 bits per heavy atom. The maximum absolute atomic E-state index is 12.3. The number of nitrogens with zero attached hydrogens (tertiary/aromatic N) is 4. The lowest BCUT2D eigenvalue weighted by Gasteiger charge is -2.17. The Bertz CT molecular complexity index is 663. The van der Waals surface area contributed by atoms with Gasteiger partial charge in [0.25, 0.3) is 0 Å². The van der Waals surface area contributed by atoms with Crippen molar-refractivity contribution in [2.24, 2.45) is 7.05 Å². The molecule has 1 heterocycles. The molecular formula is C14H19N5O2. The fraction of sp³-hybridized carbons (Fsp3) is 0.357. The van der Waals surface area contributed by atoms with Crippen LogP contribution in [0.25, 0.3) is 0 Å². The molecule has 2 N–H and O–H groups in total. The molecule has 0 aliphatic heterocycles. The van der Waals surface area contributed by atoms with Gasteiger partial charge in [0.2, 0.25) is 0 Å². The van der Waals surface area contributed by atoms with Crippen LogP contribution in [0.15, 0.2) is 18.2 Å². The third-order valence-electron chi connectivity index (χ3n) is 3.24. The van der Waals surface area contributed by atoms with Crippen molar-refractivity contribution in [2.75, 3.05) is 24.7 Å². The monoisotopic (exact) mass is 289 g/mol. The first-order chi connectivity index (χ1) is 9.90. The molecular weight excluding hydrogens is 270 g/mol. The molecule has 7 heteroatoms. The molecule has 2 rings (SSSR count). The summed E-state index contributed by atoms with van der Waals surface area (Å²) in [6.07, 6.45) is 0. The van der Waals surface area contributed by atoms with Crippen molar-refractivity contribution >= 4 is 17.3 Å². The fourth-order valence-corrected chi connectivity index (χ4v) is 1.89. The van der Waals surface area contributed by atoms with Crippen molar-refractivity contribution in [3.8, 4) is 0 Å². The van der Waals surface area contributed by atoms with Crippen LogP contribution in [-0.2, 0) is 18.4 Å². The smallest absolute Gasteiger partial charge is 0.340 e. The highest BCUT2D eigenvalue weighted by Gasteiger charge is 2.16. The van der Waals surface area contributed by atoms with Gasteiger partial charge in [0.15, 0.2) is 12.4 Å². The van der Waals surface area contributed by atoms with Crippen LogP contribution in [0.1, 0.15) is 22.0 Å². The zero-order valence-electron chi connectivity index (χ0n) is 12.6. The van der Waals surface area contributed by atoms with Crippen molar-refractivity contribution in [3.05, 3.63) is 35.4 Å². The molecule has 0 atom stereocenters. The van der Waals surface area contributed by atoms with Gasteiger partial charge < -0.3 is 19.9 Å². The molecule has 0 fully saturated rings. The Morgan fingerprint density at radius 2 is 2.10 bits per heavy atom. The van der Waals surface area contributed by atoms with Crippen molar-refractivity contribution in [3.63, 3.8) is 0 Å². The first-order valence-electron chi connectivity index (χ1n) is 6.49. The van der Waals surface area contributed by atoms with Gasteiger partial charge >= 0.3 is 5.97 Å². The minimum absolute atomic E-state index is 0.0673. The van der Waals surface area contributed by atoms with Crippen molar-refractivity contribution in [2.45, 2.75) is 13.5 Å². The summed E-state index contributed by atoms with van der Waals surface area (Å²) in [7, 11) is 5.53. The van der Waals surface area contributed by atoms with Gasteiger partial charge in [0.1, 0.15) is 5.82 Å². The van der Waals surface area contributed by atoms with Crippen molar-refractivity contribution in [1.82, 2.24) is 14.8 Å². The molecule has 0 radical (unpaired) electrons. The minimum Gasteiger partial charge on any atom is -0.454 e. The Morgan fingerprint density at radius 1 is 1.38 bits per heavy atom. The molecule has 0 saturated carbocycles. The standard InChI is InChI=1S/C14H19N5O2/c1-9-16-17-13(19(9)4)8-21-14(20)11-7-10(15)5-6-12(11)18(2)3/h5-7H,8,15H2,1-4H3. The summed E-state index contributed by atoms with van der Waals surface area (Å²) in [6.45, 7) is 1.90. The van der Waals surface area contributed by atoms with E-state index in [0.717, 1.165) is 11.5 Å². The molecule has 112 valence electrons. The van der Waals surface area contributed by atoms with E-state index in [0.29, 0.717) is 17.1 Å². The van der Waals surface area contributed by atoms with Crippen LogP contribution in [0.4, 0.5) is 11.4 Å². The second-order valence-corrected chi connectivity index (χ2v) is 4.97. The lowest BCUT2D eigenvalue weighted by molar-refractivity contribution is 0.0459. The summed E-state index contributed by atoms with van der Waals surface area (Å²) in [4.78, 5) is 14.1. The number of rotatable bonds is 4. The number of esters is 1. The van der Waals surface area contributed by atoms with E-state index in [1.165, 1.54) is 0 Å². The summed E-state index contributed by atoms with van der Waals surface area (Å²) >= 11 is 0. The van der Waals surface area contributed by atoms with E-state index < -0.39 is 5.97 Å². The summed E-state index contributed by atoms with van der Waals surface area (Å²) in [5.74, 6) is 0.918. The number of ether oxygens (including phenoxy) is 1. The van der Waals surface area contributed by atoms with E-state index in [-0.39, 0.29) is 6.61 Å². The molecule has 0 bridgehead atoms. The van der Waals surface area contributed by atoms with E-state index >= 15 is 0 Å². The fourth-order valence-electron chi connectivity index (χ4n) is 1.89. The first kappa shape index (κ1) is 14.8. The largest absolute Gasteiger partial charge is 0.454 e. The van der Waals surface area contributed by atoms with Gasteiger partial charge in [-0.15, -0.1) is 10.2 Å². The SMILES string of the molecule is Cc1nnc(COC(=O)c2cc(N)ccc2N(C)C)n1C. The third-order valence-corrected chi connectivity index (χ3v) is 3.24. The predicted molar refractivity (Wildman–Crippen MR) is 80.0 cm³/mol. The molecule has 1 aromatic heterocycles. The molecule has 7 nitrogen and oxygen atoms in total. The Hall–Kier alpha value is -2.57. The van der Waals surface area contributed by atoms with E-state index in [1.54, 1.807) is 22.8 Å². The highest BCUT2D eigenvalue weighted by atomic mass is 16.5. The Labute approximate surface area is 123 Å². The lowest BCUT2D eigenvalue weighted by Crippen LogP contribution is -2.16. The Balaban J connectivity index is 2.17. The lowest BCUT2D eigenvalue weighted by atomic mass is 10.1. The molecule has 0 amide bonds. The molecule has 21 heavy (non-hydrogen) atoms. The first-order valence-corrected chi connectivity index (χ1v) is 6.49. The maximum atomic E-state index is 12.3. The number of anilines is 2. The van der Waals surface area contributed by atoms with Crippen LogP contribution in [-0.4, -0.2) is 34.8 Å². The maximum Gasteiger partial charge on any atom is 0.340 e. The van der Waals surface area contributed by atoms with Crippen LogP contribution in [0.2, 0.25) is 0 Å². The second-order valence-electron chi connectivity index (χ2n) is 4.97. The van der Waals surface area contributed by atoms with Crippen LogP contribution in [0.3, 0.4) is 0 Å². The molecule has 0 aliphatic rings. The Kier molecular flexibility index (Phi) is 4.11. The topological polar surface area (TPSA) is 86.3 Å². The van der Waals surface area contributed by atoms with E-state index in [9.17, 15) is 4.79 Å². The molecule has 0 aliphatic carbocycles. The zero-order chi connectivity index (χ0) is 15.6. The van der Waals surface area contributed by atoms with E-state index in [2.05, 4.69) is 10.2 Å². The van der Waals surface area contributed by atoms with Crippen LogP contribution in [0, 0.1) is 6.92 Å². The van der Waals surface area contributed by atoms with Gasteiger partial charge in [0.05, 0.1) is 11.3 Å². The van der Waals surface area contributed by atoms with Crippen LogP contribution < -0.4 is 10.6 Å². The predicted octanol–water partition coefficient (Wildman–Crippen LogP) is 1.13. The summed E-state index contributed by atoms with van der Waals surface area (Å²) in [6, 6.07) is 5.15. The van der Waals surface area contributed by atoms with Gasteiger partial charge in [-0.3, -0.25) is 0 Å². The average Bonchev–Trinajstić information content (AvgIpc) is 2.75. The average molecular weight is 289 g/mol. The number of carbonyl (C=O) groups is 1. The molecule has 0 unspecified atom stereocenters. The summed E-state index contributed by atoms with van der Waals surface area (Å²) in [5, 5.41) is 7.88. The van der Waals surface area contributed by atoms with Crippen LogP contribution >= 0.6 is 0 Å². The molecule has 2 aromatic rings. The van der Waals surface area contributed by atoms with Gasteiger partial charge in [-0.2, -0.15) is 0 Å². The number of aryl methyl sites for hydroxylation is 1. The highest BCUT2D eigenvalue weighted by Crippen LogP contribution is 2.22. The number of hydrogen-bond donors (Lipinski definition) is 1. The van der Waals surface area contributed by atoms with Gasteiger partial charge in [-0.25, -0.2) is 4.79 Å². The van der Waals surface area contributed by atoms with E-state index in [4.69, 9.17) is 10.5 Å². The number of benzene rings is 1. The number of nitrogen functional groups attached to an aromatic ring is 1. The number of carbonyl (C=O) groups excluding carboxylic acids is 1. The normalized spacial score (nSPS) is 10.5. The van der Waals surface area contributed by atoms with Crippen LogP contribution in [0.5, 0.6) is 0 Å².